The van der Waals surface area contributed by atoms with Crippen molar-refractivity contribution in [2.75, 3.05) is 18.4 Å². The highest BCUT2D eigenvalue weighted by molar-refractivity contribution is 7.22. The molecule has 2 aromatic carbocycles. The number of halogens is 1. The summed E-state index contributed by atoms with van der Waals surface area (Å²) in [5.41, 5.74) is 3.61. The van der Waals surface area contributed by atoms with Crippen molar-refractivity contribution in [2.45, 2.75) is 33.2 Å². The number of hydrogen-bond donors (Lipinski definition) is 1. The van der Waals surface area contributed by atoms with Crippen LogP contribution in [-0.4, -0.2) is 33.9 Å². The van der Waals surface area contributed by atoms with Gasteiger partial charge in [0.25, 0.3) is 5.91 Å². The average molecular weight is 481 g/mol. The van der Waals surface area contributed by atoms with Crippen molar-refractivity contribution < 1.29 is 9.18 Å². The topological polar surface area (TPSA) is 58.1 Å². The van der Waals surface area contributed by atoms with E-state index in [9.17, 15) is 9.18 Å². The van der Waals surface area contributed by atoms with Crippen molar-refractivity contribution in [1.29, 1.82) is 0 Å². The number of aryl methyl sites for hydroxylation is 1. The molecule has 1 amide bonds. The van der Waals surface area contributed by atoms with E-state index in [4.69, 9.17) is 0 Å². The first kappa shape index (κ1) is 22.1. The zero-order valence-corrected chi connectivity index (χ0v) is 20.2. The van der Waals surface area contributed by atoms with Crippen LogP contribution in [0, 0.1) is 18.7 Å². The third kappa shape index (κ3) is 4.98. The number of thiazole rings is 2. The fourth-order valence-corrected chi connectivity index (χ4v) is 5.97. The van der Waals surface area contributed by atoms with Gasteiger partial charge in [-0.05, 0) is 80.7 Å². The minimum absolute atomic E-state index is 0.222. The van der Waals surface area contributed by atoms with Gasteiger partial charge >= 0.3 is 0 Å². The molecule has 1 saturated heterocycles. The lowest BCUT2D eigenvalue weighted by Crippen LogP contribution is -2.32. The summed E-state index contributed by atoms with van der Waals surface area (Å²) in [6.07, 6.45) is 2.53. The molecule has 0 aliphatic carbocycles. The van der Waals surface area contributed by atoms with E-state index in [1.54, 1.807) is 12.1 Å². The summed E-state index contributed by atoms with van der Waals surface area (Å²) in [5.74, 6) is 0.306. The fourth-order valence-electron chi connectivity index (χ4n) is 4.08. The first-order chi connectivity index (χ1) is 15.9. The Labute approximate surface area is 200 Å². The summed E-state index contributed by atoms with van der Waals surface area (Å²) in [6, 6.07) is 12.5. The number of carbonyl (C=O) groups is 1. The molecule has 0 unspecified atom stereocenters. The highest BCUT2D eigenvalue weighted by atomic mass is 32.1. The zero-order valence-electron chi connectivity index (χ0n) is 18.6. The molecule has 5 nitrogen and oxygen atoms in total. The maximum atomic E-state index is 13.2. The third-order valence-electron chi connectivity index (χ3n) is 6.05. The minimum atomic E-state index is -0.297. The number of nitrogens with zero attached hydrogens (tertiary/aromatic N) is 3. The first-order valence-corrected chi connectivity index (χ1v) is 12.7. The van der Waals surface area contributed by atoms with Crippen LogP contribution in [0.3, 0.4) is 0 Å². The molecule has 0 radical (unpaired) electrons. The SMILES string of the molecule is Cc1nc(-c2ccc(F)cc2)sc1C(=O)Nc1nc2ccc(CN3CCC(C)CC3)cc2s1. The van der Waals surface area contributed by atoms with Gasteiger partial charge in [0.05, 0.1) is 15.9 Å². The summed E-state index contributed by atoms with van der Waals surface area (Å²) < 4.78 is 14.3. The van der Waals surface area contributed by atoms with Crippen molar-refractivity contribution in [3.63, 3.8) is 0 Å². The molecule has 4 aromatic rings. The number of piperidine rings is 1. The Kier molecular flexibility index (Phi) is 6.23. The Hall–Kier alpha value is -2.68. The number of aromatic nitrogens is 2. The molecule has 1 aliphatic rings. The van der Waals surface area contributed by atoms with Crippen LogP contribution in [0.4, 0.5) is 9.52 Å². The van der Waals surface area contributed by atoms with Crippen LogP contribution >= 0.6 is 22.7 Å². The summed E-state index contributed by atoms with van der Waals surface area (Å²) in [7, 11) is 0. The number of fused-ring (bicyclic) bond motifs is 1. The van der Waals surface area contributed by atoms with Crippen LogP contribution in [0.15, 0.2) is 42.5 Å². The molecule has 0 saturated carbocycles. The molecule has 170 valence electrons. The number of carbonyl (C=O) groups excluding carboxylic acids is 1. The lowest BCUT2D eigenvalue weighted by atomic mass is 9.99. The van der Waals surface area contributed by atoms with Crippen LogP contribution in [0.2, 0.25) is 0 Å². The Morgan fingerprint density at radius 1 is 1.12 bits per heavy atom. The Bertz CT molecular complexity index is 1290. The molecule has 0 atom stereocenters. The molecule has 0 spiro atoms. The second-order valence-electron chi connectivity index (χ2n) is 8.67. The van der Waals surface area contributed by atoms with E-state index in [1.807, 2.05) is 13.0 Å². The van der Waals surface area contributed by atoms with E-state index < -0.39 is 0 Å². The van der Waals surface area contributed by atoms with Crippen molar-refractivity contribution in [1.82, 2.24) is 14.9 Å². The van der Waals surface area contributed by atoms with E-state index in [0.29, 0.717) is 20.7 Å². The van der Waals surface area contributed by atoms with Gasteiger partial charge in [-0.25, -0.2) is 14.4 Å². The van der Waals surface area contributed by atoms with Crippen LogP contribution in [0.25, 0.3) is 20.8 Å². The quantitative estimate of drug-likeness (QED) is 0.362. The van der Waals surface area contributed by atoms with Gasteiger partial charge < -0.3 is 0 Å². The lowest BCUT2D eigenvalue weighted by molar-refractivity contribution is 0.103. The number of likely N-dealkylation sites (tertiary alicyclic amines) is 1. The minimum Gasteiger partial charge on any atom is -0.299 e. The Morgan fingerprint density at radius 2 is 1.88 bits per heavy atom. The molecule has 5 rings (SSSR count). The zero-order chi connectivity index (χ0) is 22.9. The molecule has 2 aromatic heterocycles. The fraction of sp³-hybridized carbons (Fsp3) is 0.320. The van der Waals surface area contributed by atoms with Gasteiger partial charge in [-0.2, -0.15) is 0 Å². The molecular weight excluding hydrogens is 455 g/mol. The highest BCUT2D eigenvalue weighted by Crippen LogP contribution is 2.31. The van der Waals surface area contributed by atoms with Gasteiger partial charge in [-0.1, -0.05) is 24.3 Å². The van der Waals surface area contributed by atoms with Crippen LogP contribution < -0.4 is 5.32 Å². The van der Waals surface area contributed by atoms with Crippen molar-refractivity contribution in [3.8, 4) is 10.6 Å². The van der Waals surface area contributed by atoms with Gasteiger partial charge in [0, 0.05) is 12.1 Å². The van der Waals surface area contributed by atoms with Crippen molar-refractivity contribution >= 4 is 43.9 Å². The maximum absolute atomic E-state index is 13.2. The third-order valence-corrected chi connectivity index (χ3v) is 8.19. The molecule has 3 heterocycles. The molecule has 1 fully saturated rings. The Morgan fingerprint density at radius 3 is 2.64 bits per heavy atom. The predicted molar refractivity (Wildman–Crippen MR) is 133 cm³/mol. The van der Waals surface area contributed by atoms with E-state index >= 15 is 0 Å². The second kappa shape index (κ2) is 9.29. The summed E-state index contributed by atoms with van der Waals surface area (Å²) in [4.78, 5) is 25.1. The summed E-state index contributed by atoms with van der Waals surface area (Å²) >= 11 is 2.79. The second-order valence-corrected chi connectivity index (χ2v) is 10.7. The van der Waals surface area contributed by atoms with E-state index in [1.165, 1.54) is 53.2 Å². The number of rotatable bonds is 5. The molecule has 8 heteroatoms. The first-order valence-electron chi connectivity index (χ1n) is 11.1. The lowest BCUT2D eigenvalue weighted by Gasteiger charge is -2.30. The number of amides is 1. The monoisotopic (exact) mass is 480 g/mol. The van der Waals surface area contributed by atoms with Gasteiger partial charge in [-0.15, -0.1) is 11.3 Å². The molecule has 1 aliphatic heterocycles. The van der Waals surface area contributed by atoms with Crippen molar-refractivity contribution in [3.05, 3.63) is 64.4 Å². The normalized spacial score (nSPS) is 15.2. The van der Waals surface area contributed by atoms with Crippen LogP contribution in [-0.2, 0) is 6.54 Å². The number of anilines is 1. The molecular formula is C25H25FN4OS2. The largest absolute Gasteiger partial charge is 0.299 e. The standard InChI is InChI=1S/C25H25FN4OS2/c1-15-9-11-30(12-10-15)14-17-3-8-20-21(13-17)32-25(28-20)29-23(31)22-16(2)27-24(33-22)18-4-6-19(26)7-5-18/h3-8,13,15H,9-12,14H2,1-2H3,(H,28,29,31). The van der Waals surface area contributed by atoms with Gasteiger partial charge in [-0.3, -0.25) is 15.0 Å². The summed E-state index contributed by atoms with van der Waals surface area (Å²) in [5, 5.41) is 4.21. The van der Waals surface area contributed by atoms with Gasteiger partial charge in [0.1, 0.15) is 15.7 Å². The molecule has 33 heavy (non-hydrogen) atoms. The number of benzene rings is 2. The van der Waals surface area contributed by atoms with Crippen LogP contribution in [0.1, 0.15) is 40.7 Å². The van der Waals surface area contributed by atoms with Crippen LogP contribution in [0.5, 0.6) is 0 Å². The van der Waals surface area contributed by atoms with E-state index in [2.05, 4.69) is 39.2 Å². The van der Waals surface area contributed by atoms with E-state index in [0.717, 1.165) is 41.3 Å². The molecule has 1 N–H and O–H groups in total. The van der Waals surface area contributed by atoms with Gasteiger partial charge in [0.15, 0.2) is 5.13 Å². The predicted octanol–water partition coefficient (Wildman–Crippen LogP) is 6.35. The van der Waals surface area contributed by atoms with Gasteiger partial charge in [0.2, 0.25) is 0 Å². The average Bonchev–Trinajstić information content (AvgIpc) is 3.38. The van der Waals surface area contributed by atoms with E-state index in [-0.39, 0.29) is 11.7 Å². The van der Waals surface area contributed by atoms with Crippen molar-refractivity contribution in [2.24, 2.45) is 5.92 Å². The number of nitrogens with one attached hydrogen (secondary N) is 1. The smallest absolute Gasteiger partial charge is 0.269 e. The summed E-state index contributed by atoms with van der Waals surface area (Å²) in [6.45, 7) is 7.39. The maximum Gasteiger partial charge on any atom is 0.269 e. The molecule has 0 bridgehead atoms. The number of hydrogen-bond acceptors (Lipinski definition) is 6. The Balaban J connectivity index is 1.30. The highest BCUT2D eigenvalue weighted by Gasteiger charge is 2.19.